The Morgan fingerprint density at radius 1 is 1.09 bits per heavy atom. The van der Waals surface area contributed by atoms with Crippen LogP contribution in [0.25, 0.3) is 22.6 Å². The summed E-state index contributed by atoms with van der Waals surface area (Å²) in [5.41, 5.74) is 7.12. The smallest absolute Gasteiger partial charge is 0.242 e. The van der Waals surface area contributed by atoms with Crippen molar-refractivity contribution in [2.24, 2.45) is 5.73 Å². The zero-order valence-electron chi connectivity index (χ0n) is 18.4. The van der Waals surface area contributed by atoms with Crippen LogP contribution in [0.5, 0.6) is 0 Å². The van der Waals surface area contributed by atoms with E-state index in [1.807, 2.05) is 0 Å². The minimum absolute atomic E-state index is 0.246. The molecule has 0 bridgehead atoms. The molecule has 0 fully saturated rings. The Hall–Kier alpha value is -2.40. The first-order valence-corrected chi connectivity index (χ1v) is 12.7. The normalized spacial score (nSPS) is 16.0. The Labute approximate surface area is 213 Å². The number of aromatic nitrogens is 2. The number of nitrogens with zero attached hydrogens (tertiary/aromatic N) is 3. The van der Waals surface area contributed by atoms with Gasteiger partial charge in [0.15, 0.2) is 0 Å². The van der Waals surface area contributed by atoms with Crippen LogP contribution in [0, 0.1) is 0 Å². The lowest BCUT2D eigenvalue weighted by Gasteiger charge is -2.43. The number of rotatable bonds is 5. The molecule has 0 radical (unpaired) electrons. The fourth-order valence-electron chi connectivity index (χ4n) is 3.50. The van der Waals surface area contributed by atoms with E-state index in [0.29, 0.717) is 43.4 Å². The van der Waals surface area contributed by atoms with Crippen molar-refractivity contribution in [2.45, 2.75) is 19.4 Å². The molecule has 4 rings (SSSR count). The van der Waals surface area contributed by atoms with Crippen LogP contribution in [0.15, 0.2) is 47.9 Å². The van der Waals surface area contributed by atoms with Crippen molar-refractivity contribution in [2.75, 3.05) is 11.4 Å². The lowest BCUT2D eigenvalue weighted by Crippen LogP contribution is -2.50. The third-order valence-corrected chi connectivity index (χ3v) is 7.76. The molecule has 34 heavy (non-hydrogen) atoms. The standard InChI is InChI=1S/C22H22Cl3N5O3S/c1-22(2,21(26)31)27-16-11-34(32,33)29(3)20-18(16)28-30(17-9-8-14(24)10-15(17)25)19(20)12-4-6-13(23)7-5-12/h4-11,27,32-33H,1-3H3,(H2,26,31). The Balaban J connectivity index is 2.04. The quantitative estimate of drug-likeness (QED) is 0.325. The fourth-order valence-corrected chi connectivity index (χ4v) is 5.20. The number of carbonyl (C=O) groups is 1. The molecule has 3 aromatic rings. The summed E-state index contributed by atoms with van der Waals surface area (Å²) in [6, 6.07) is 12.0. The number of carbonyl (C=O) groups excluding carboxylic acids is 1. The van der Waals surface area contributed by atoms with Gasteiger partial charge in [-0.15, -0.1) is 0 Å². The van der Waals surface area contributed by atoms with Gasteiger partial charge in [-0.05, 0) is 44.2 Å². The van der Waals surface area contributed by atoms with Gasteiger partial charge in [-0.2, -0.15) is 5.10 Å². The molecule has 2 heterocycles. The van der Waals surface area contributed by atoms with Gasteiger partial charge in [0.2, 0.25) is 5.91 Å². The highest BCUT2D eigenvalue weighted by atomic mass is 35.5. The van der Waals surface area contributed by atoms with Crippen LogP contribution in [-0.4, -0.2) is 37.4 Å². The molecule has 0 saturated heterocycles. The Kier molecular flexibility index (Phi) is 6.30. The summed E-state index contributed by atoms with van der Waals surface area (Å²) in [5, 5.41) is 10.4. The van der Waals surface area contributed by atoms with Gasteiger partial charge in [0, 0.05) is 22.7 Å². The van der Waals surface area contributed by atoms with Crippen LogP contribution in [0.4, 0.5) is 5.69 Å². The molecule has 0 atom stereocenters. The summed E-state index contributed by atoms with van der Waals surface area (Å²) in [5.74, 6) is -0.622. The van der Waals surface area contributed by atoms with Gasteiger partial charge in [0.1, 0.15) is 16.9 Å². The van der Waals surface area contributed by atoms with E-state index in [2.05, 4.69) is 5.32 Å². The molecule has 0 aliphatic carbocycles. The van der Waals surface area contributed by atoms with Crippen LogP contribution in [-0.2, 0) is 4.79 Å². The monoisotopic (exact) mass is 541 g/mol. The van der Waals surface area contributed by atoms with Crippen molar-refractivity contribution in [1.29, 1.82) is 0 Å². The summed E-state index contributed by atoms with van der Waals surface area (Å²) in [7, 11) is -1.87. The van der Waals surface area contributed by atoms with E-state index in [-0.39, 0.29) is 5.70 Å². The van der Waals surface area contributed by atoms with Crippen molar-refractivity contribution >= 4 is 62.9 Å². The highest BCUT2D eigenvalue weighted by Crippen LogP contribution is 2.56. The van der Waals surface area contributed by atoms with E-state index in [1.165, 1.54) is 9.71 Å². The zero-order valence-corrected chi connectivity index (χ0v) is 21.5. The zero-order chi connectivity index (χ0) is 25.0. The van der Waals surface area contributed by atoms with Gasteiger partial charge < -0.3 is 11.1 Å². The molecule has 1 aliphatic rings. The molecular formula is C22H22Cl3N5O3S. The molecule has 180 valence electrons. The lowest BCUT2D eigenvalue weighted by atomic mass is 10.0. The summed E-state index contributed by atoms with van der Waals surface area (Å²) in [6.07, 6.45) is 0. The predicted octanol–water partition coefficient (Wildman–Crippen LogP) is 5.77. The molecular weight excluding hydrogens is 521 g/mol. The Morgan fingerprint density at radius 3 is 2.29 bits per heavy atom. The van der Waals surface area contributed by atoms with Gasteiger partial charge in [-0.1, -0.05) is 57.7 Å². The first kappa shape index (κ1) is 24.7. The van der Waals surface area contributed by atoms with E-state index in [4.69, 9.17) is 45.6 Å². The summed E-state index contributed by atoms with van der Waals surface area (Å²) < 4.78 is 24.8. The summed E-state index contributed by atoms with van der Waals surface area (Å²) in [6.45, 7) is 3.18. The van der Waals surface area contributed by atoms with Crippen molar-refractivity contribution in [1.82, 2.24) is 15.1 Å². The Morgan fingerprint density at radius 2 is 1.71 bits per heavy atom. The summed E-state index contributed by atoms with van der Waals surface area (Å²) in [4.78, 5) is 12.0. The Bertz CT molecular complexity index is 1320. The van der Waals surface area contributed by atoms with Crippen LogP contribution >= 0.6 is 45.6 Å². The summed E-state index contributed by atoms with van der Waals surface area (Å²) >= 11 is 18.7. The number of nitrogens with two attached hydrogens (primary N) is 1. The van der Waals surface area contributed by atoms with Crippen LogP contribution in [0.1, 0.15) is 19.5 Å². The van der Waals surface area contributed by atoms with Crippen molar-refractivity contribution in [3.05, 3.63) is 68.6 Å². The van der Waals surface area contributed by atoms with Gasteiger partial charge in [-0.25, -0.2) is 4.68 Å². The maximum atomic E-state index is 12.0. The number of fused-ring (bicyclic) bond motifs is 1. The third kappa shape index (κ3) is 4.35. The van der Waals surface area contributed by atoms with Crippen LogP contribution in [0.2, 0.25) is 15.1 Å². The molecule has 2 aromatic carbocycles. The minimum atomic E-state index is -3.42. The molecule has 12 heteroatoms. The van der Waals surface area contributed by atoms with E-state index >= 15 is 0 Å². The average molecular weight is 543 g/mol. The number of amides is 1. The van der Waals surface area contributed by atoms with Gasteiger partial charge in [0.05, 0.1) is 27.5 Å². The second-order valence-electron chi connectivity index (χ2n) is 8.26. The molecule has 1 aromatic heterocycles. The van der Waals surface area contributed by atoms with Gasteiger partial charge >= 0.3 is 0 Å². The average Bonchev–Trinajstić information content (AvgIpc) is 3.12. The number of hydrogen-bond acceptors (Lipinski definition) is 6. The number of primary amides is 1. The van der Waals surface area contributed by atoms with Crippen molar-refractivity contribution in [3.8, 4) is 16.9 Å². The second kappa shape index (κ2) is 8.67. The van der Waals surface area contributed by atoms with E-state index in [0.717, 1.165) is 0 Å². The molecule has 1 aliphatic heterocycles. The number of anilines is 1. The SMILES string of the molecule is CN1c2c(nn(-c3ccc(Cl)cc3Cl)c2-c2ccc(Cl)cc2)C(NC(C)(C)C(N)=O)=CS1(O)O. The van der Waals surface area contributed by atoms with Crippen LogP contribution in [0.3, 0.4) is 0 Å². The molecule has 0 spiro atoms. The highest BCUT2D eigenvalue weighted by Gasteiger charge is 2.38. The van der Waals surface area contributed by atoms with Gasteiger partial charge in [0.25, 0.3) is 0 Å². The molecule has 0 unspecified atom stereocenters. The van der Waals surface area contributed by atoms with E-state index in [9.17, 15) is 13.9 Å². The van der Waals surface area contributed by atoms with E-state index in [1.54, 1.807) is 68.0 Å². The first-order chi connectivity index (χ1) is 15.8. The molecule has 0 saturated carbocycles. The predicted molar refractivity (Wildman–Crippen MR) is 140 cm³/mol. The first-order valence-electron chi connectivity index (χ1n) is 9.98. The maximum Gasteiger partial charge on any atom is 0.242 e. The molecule has 5 N–H and O–H groups in total. The molecule has 1 amide bonds. The molecule has 8 nitrogen and oxygen atoms in total. The van der Waals surface area contributed by atoms with Gasteiger partial charge in [-0.3, -0.25) is 18.2 Å². The number of nitrogens with one attached hydrogen (secondary N) is 1. The topological polar surface area (TPSA) is 117 Å². The second-order valence-corrected chi connectivity index (χ2v) is 11.5. The van der Waals surface area contributed by atoms with E-state index < -0.39 is 22.2 Å². The maximum absolute atomic E-state index is 12.0. The van der Waals surface area contributed by atoms with Crippen molar-refractivity contribution < 1.29 is 13.9 Å². The van der Waals surface area contributed by atoms with Crippen molar-refractivity contribution in [3.63, 3.8) is 0 Å². The number of hydrogen-bond donors (Lipinski definition) is 4. The fraction of sp³-hybridized carbons (Fsp3) is 0.182. The lowest BCUT2D eigenvalue weighted by molar-refractivity contribution is -0.122. The highest BCUT2D eigenvalue weighted by molar-refractivity contribution is 8.28. The number of benzene rings is 2. The largest absolute Gasteiger partial charge is 0.369 e. The third-order valence-electron chi connectivity index (χ3n) is 5.43. The number of halogens is 3. The van der Waals surface area contributed by atoms with Crippen LogP contribution < -0.4 is 15.4 Å². The minimum Gasteiger partial charge on any atom is -0.369 e.